The molecule has 0 bridgehead atoms. The van der Waals surface area contributed by atoms with Crippen molar-refractivity contribution in [1.82, 2.24) is 0 Å². The van der Waals surface area contributed by atoms with Crippen LogP contribution in [-0.2, 0) is 4.13 Å². The van der Waals surface area contributed by atoms with Gasteiger partial charge in [0.1, 0.15) is 0 Å². The molecule has 0 heterocycles. The maximum absolute atomic E-state index is 4.76. The van der Waals surface area contributed by atoms with E-state index in [9.17, 15) is 0 Å². The summed E-state index contributed by atoms with van der Waals surface area (Å²) in [6.45, 7) is 12.8. The average Bonchev–Trinajstić information content (AvgIpc) is 2.57. The SMILES string of the molecule is CC(C)(C)N=Cc1cccc(C=NC(C)(C)C)[c]1[Bi+][CH2]c1ccc(Br)cc1. The zero-order valence-electron chi connectivity index (χ0n) is 17.1. The fourth-order valence-electron chi connectivity index (χ4n) is 2.26. The van der Waals surface area contributed by atoms with E-state index in [0.29, 0.717) is 0 Å². The van der Waals surface area contributed by atoms with Crippen LogP contribution in [0.2, 0.25) is 0 Å². The summed E-state index contributed by atoms with van der Waals surface area (Å²) in [5.74, 6) is 0. The zero-order chi connectivity index (χ0) is 20.1. The molecule has 0 N–H and O–H groups in total. The van der Waals surface area contributed by atoms with Crippen molar-refractivity contribution in [2.45, 2.75) is 56.7 Å². The second-order valence-corrected chi connectivity index (χ2v) is 13.7. The second-order valence-electron chi connectivity index (χ2n) is 8.59. The van der Waals surface area contributed by atoms with Crippen LogP contribution in [0.5, 0.6) is 0 Å². The Hall–Kier alpha value is -0.857. The number of benzene rings is 2. The van der Waals surface area contributed by atoms with Crippen molar-refractivity contribution in [2.24, 2.45) is 9.98 Å². The molecule has 2 rings (SSSR count). The van der Waals surface area contributed by atoms with Gasteiger partial charge in [-0.05, 0) is 0 Å². The normalized spacial score (nSPS) is 13.0. The molecule has 0 fully saturated rings. The molecular weight excluding hydrogens is 593 g/mol. The predicted octanol–water partition coefficient (Wildman–Crippen LogP) is 5.41. The molecule has 4 heteroatoms. The van der Waals surface area contributed by atoms with Gasteiger partial charge in [-0.2, -0.15) is 0 Å². The van der Waals surface area contributed by atoms with Crippen molar-refractivity contribution in [3.8, 4) is 0 Å². The number of hydrogen-bond acceptors (Lipinski definition) is 2. The summed E-state index contributed by atoms with van der Waals surface area (Å²) in [5, 5.41) is 0. The summed E-state index contributed by atoms with van der Waals surface area (Å²) < 4.78 is 3.79. The van der Waals surface area contributed by atoms with Crippen LogP contribution >= 0.6 is 15.9 Å². The zero-order valence-corrected chi connectivity index (χ0v) is 22.2. The predicted molar refractivity (Wildman–Crippen MR) is 124 cm³/mol. The molecule has 0 aliphatic heterocycles. The van der Waals surface area contributed by atoms with Crippen molar-refractivity contribution < 1.29 is 0 Å². The quantitative estimate of drug-likeness (QED) is 0.315. The third-order valence-electron chi connectivity index (χ3n) is 3.61. The molecule has 0 saturated heterocycles. The molecule has 0 aliphatic carbocycles. The molecular formula is C23H29BiBrN2+. The van der Waals surface area contributed by atoms with Crippen molar-refractivity contribution in [3.63, 3.8) is 0 Å². The molecule has 2 radical (unpaired) electrons. The van der Waals surface area contributed by atoms with Crippen molar-refractivity contribution in [3.05, 3.63) is 63.6 Å². The third kappa shape index (κ3) is 8.36. The molecule has 0 spiro atoms. The number of nitrogens with zero attached hydrogens (tertiary/aromatic N) is 2. The topological polar surface area (TPSA) is 24.7 Å². The Kier molecular flexibility index (Phi) is 7.95. The van der Waals surface area contributed by atoms with E-state index in [1.165, 1.54) is 24.1 Å². The summed E-state index contributed by atoms with van der Waals surface area (Å²) in [5.41, 5.74) is 3.80. The van der Waals surface area contributed by atoms with Crippen LogP contribution in [0.25, 0.3) is 0 Å². The van der Waals surface area contributed by atoms with Gasteiger partial charge in [-0.25, -0.2) is 0 Å². The Morgan fingerprint density at radius 2 is 1.30 bits per heavy atom. The van der Waals surface area contributed by atoms with Gasteiger partial charge in [-0.15, -0.1) is 0 Å². The Labute approximate surface area is 184 Å². The fraction of sp³-hybridized carbons (Fsp3) is 0.391. The molecule has 2 nitrogen and oxygen atoms in total. The Bertz CT molecular complexity index is 768. The summed E-state index contributed by atoms with van der Waals surface area (Å²) in [6, 6.07) is 15.2. The van der Waals surface area contributed by atoms with Gasteiger partial charge in [0.2, 0.25) is 0 Å². The van der Waals surface area contributed by atoms with Gasteiger partial charge in [0.25, 0.3) is 0 Å². The maximum atomic E-state index is 4.76. The molecule has 2 aromatic carbocycles. The van der Waals surface area contributed by atoms with Gasteiger partial charge in [-0.1, -0.05) is 0 Å². The minimum atomic E-state index is -0.945. The van der Waals surface area contributed by atoms with E-state index >= 15 is 0 Å². The molecule has 0 unspecified atom stereocenters. The first-order chi connectivity index (χ1) is 12.5. The molecule has 0 aliphatic rings. The van der Waals surface area contributed by atoms with Crippen molar-refractivity contribution >= 4 is 54.9 Å². The van der Waals surface area contributed by atoms with E-state index in [1.807, 2.05) is 0 Å². The van der Waals surface area contributed by atoms with Gasteiger partial charge in [-0.3, -0.25) is 0 Å². The average molecular weight is 622 g/mol. The summed E-state index contributed by atoms with van der Waals surface area (Å²) in [7, 11) is 0. The molecule has 0 amide bonds. The van der Waals surface area contributed by atoms with E-state index in [2.05, 4.69) is 112 Å². The molecule has 2 aromatic rings. The van der Waals surface area contributed by atoms with Gasteiger partial charge < -0.3 is 0 Å². The number of rotatable bonds is 5. The second kappa shape index (κ2) is 9.57. The first-order valence-corrected chi connectivity index (χ1v) is 14.2. The first-order valence-electron chi connectivity index (χ1n) is 9.19. The van der Waals surface area contributed by atoms with Crippen LogP contribution in [0, 0.1) is 0 Å². The monoisotopic (exact) mass is 621 g/mol. The summed E-state index contributed by atoms with van der Waals surface area (Å²) in [4.78, 5) is 9.51. The van der Waals surface area contributed by atoms with E-state index in [1.54, 1.807) is 0 Å². The Balaban J connectivity index is 2.37. The minimum absolute atomic E-state index is 0.0648. The van der Waals surface area contributed by atoms with E-state index in [4.69, 9.17) is 9.98 Å². The number of halogens is 1. The van der Waals surface area contributed by atoms with Crippen LogP contribution in [0.1, 0.15) is 58.2 Å². The first kappa shape index (κ1) is 22.4. The van der Waals surface area contributed by atoms with Crippen molar-refractivity contribution in [1.29, 1.82) is 0 Å². The van der Waals surface area contributed by atoms with Gasteiger partial charge in [0.05, 0.1) is 0 Å². The van der Waals surface area contributed by atoms with Crippen LogP contribution in [0.4, 0.5) is 0 Å². The summed E-state index contributed by atoms with van der Waals surface area (Å²) >= 11 is 2.58. The summed E-state index contributed by atoms with van der Waals surface area (Å²) in [6.07, 6.45) is 4.13. The van der Waals surface area contributed by atoms with Gasteiger partial charge in [0.15, 0.2) is 0 Å². The molecule has 27 heavy (non-hydrogen) atoms. The van der Waals surface area contributed by atoms with Crippen molar-refractivity contribution in [2.75, 3.05) is 0 Å². The molecule has 142 valence electrons. The molecule has 0 atom stereocenters. The van der Waals surface area contributed by atoms with E-state index in [0.717, 1.165) is 4.47 Å². The van der Waals surface area contributed by atoms with Gasteiger partial charge in [0, 0.05) is 0 Å². The number of aliphatic imine (C=N–C) groups is 2. The van der Waals surface area contributed by atoms with Gasteiger partial charge >= 0.3 is 185 Å². The van der Waals surface area contributed by atoms with E-state index < -0.39 is 23.2 Å². The standard InChI is InChI=1S/C16H23N2.C7H6Br.Bi/c1-15(2,3)17-11-13-8-7-9-14(10-13)12-18-16(4,5)6;1-6-2-4-7(8)5-3-6;/h7-9,11-12H,1-6H3;2-5H,1H2;/q;;+1. The van der Waals surface area contributed by atoms with E-state index in [-0.39, 0.29) is 11.1 Å². The third-order valence-corrected chi connectivity index (χ3v) is 9.41. The number of hydrogen-bond donors (Lipinski definition) is 0. The van der Waals surface area contributed by atoms with Crippen LogP contribution in [0.3, 0.4) is 0 Å². The Morgan fingerprint density at radius 3 is 1.74 bits per heavy atom. The Morgan fingerprint density at radius 1 is 0.815 bits per heavy atom. The van der Waals surface area contributed by atoms with Crippen LogP contribution in [0.15, 0.2) is 56.9 Å². The molecule has 0 saturated carbocycles. The molecule has 0 aromatic heterocycles. The fourth-order valence-corrected chi connectivity index (χ4v) is 7.11. The van der Waals surface area contributed by atoms with Crippen LogP contribution in [-0.4, -0.2) is 46.7 Å². The van der Waals surface area contributed by atoms with Crippen LogP contribution < -0.4 is 3.27 Å².